The maximum Gasteiger partial charge on any atom is 0.272 e. The number of para-hydroxylation sites is 1. The van der Waals surface area contributed by atoms with E-state index < -0.39 is 0 Å². The second kappa shape index (κ2) is 8.02. The van der Waals surface area contributed by atoms with Gasteiger partial charge in [0.2, 0.25) is 0 Å². The smallest absolute Gasteiger partial charge is 0.272 e. The average molecular weight is 435 g/mol. The van der Waals surface area contributed by atoms with Crippen LogP contribution in [0.25, 0.3) is 33.2 Å². The molecule has 4 aromatic heterocycles. The van der Waals surface area contributed by atoms with Crippen molar-refractivity contribution >= 4 is 33.6 Å². The summed E-state index contributed by atoms with van der Waals surface area (Å²) < 4.78 is 6.05. The molecule has 162 valence electrons. The van der Waals surface area contributed by atoms with E-state index >= 15 is 0 Å². The molecule has 0 radical (unpaired) electrons. The van der Waals surface area contributed by atoms with Gasteiger partial charge in [0.25, 0.3) is 5.91 Å². The van der Waals surface area contributed by atoms with Gasteiger partial charge in [0.15, 0.2) is 0 Å². The van der Waals surface area contributed by atoms with Crippen LogP contribution in [0, 0.1) is 0 Å². The van der Waals surface area contributed by atoms with E-state index in [4.69, 9.17) is 9.40 Å². The van der Waals surface area contributed by atoms with E-state index in [9.17, 15) is 4.79 Å². The minimum Gasteiger partial charge on any atom is -0.456 e. The Balaban J connectivity index is 1.29. The molecule has 1 amide bonds. The fourth-order valence-electron chi connectivity index (χ4n) is 4.30. The fraction of sp³-hybridized carbons (Fsp3) is 0.154. The summed E-state index contributed by atoms with van der Waals surface area (Å²) in [5.41, 5.74) is 2.72. The number of amides is 1. The van der Waals surface area contributed by atoms with Crippen LogP contribution in [0.3, 0.4) is 0 Å². The Morgan fingerprint density at radius 1 is 0.879 bits per heavy atom. The molecule has 0 bridgehead atoms. The van der Waals surface area contributed by atoms with Crippen LogP contribution in [0.1, 0.15) is 10.5 Å². The van der Waals surface area contributed by atoms with E-state index in [1.54, 1.807) is 24.7 Å². The molecule has 6 rings (SSSR count). The minimum atomic E-state index is -0.0649. The number of aromatic nitrogens is 3. The van der Waals surface area contributed by atoms with Crippen molar-refractivity contribution in [3.8, 4) is 11.3 Å². The highest BCUT2D eigenvalue weighted by Crippen LogP contribution is 2.31. The summed E-state index contributed by atoms with van der Waals surface area (Å²) in [6.07, 6.45) is 5.29. The topological polar surface area (TPSA) is 75.4 Å². The molecular formula is C26H21N5O2. The largest absolute Gasteiger partial charge is 0.456 e. The SMILES string of the molecule is O=C(c1ccc2cncc(-c3cc4ccccc4o3)c2n1)N1CCN(c2ccccn2)CC1. The number of rotatable bonds is 3. The van der Waals surface area contributed by atoms with Gasteiger partial charge in [-0.15, -0.1) is 0 Å². The molecule has 0 spiro atoms. The summed E-state index contributed by atoms with van der Waals surface area (Å²) in [7, 11) is 0. The molecule has 0 N–H and O–H groups in total. The maximum atomic E-state index is 13.3. The van der Waals surface area contributed by atoms with Crippen LogP contribution in [0.2, 0.25) is 0 Å². The molecule has 1 fully saturated rings. The Morgan fingerprint density at radius 3 is 2.55 bits per heavy atom. The van der Waals surface area contributed by atoms with Gasteiger partial charge < -0.3 is 14.2 Å². The third-order valence-corrected chi connectivity index (χ3v) is 6.05. The minimum absolute atomic E-state index is 0.0649. The van der Waals surface area contributed by atoms with E-state index in [0.29, 0.717) is 30.1 Å². The first-order valence-corrected chi connectivity index (χ1v) is 11.0. The second-order valence-electron chi connectivity index (χ2n) is 8.07. The molecule has 1 saturated heterocycles. The molecule has 1 aliphatic heterocycles. The van der Waals surface area contributed by atoms with Gasteiger partial charge in [-0.05, 0) is 36.4 Å². The predicted octanol–water partition coefficient (Wildman–Crippen LogP) is 4.40. The molecule has 1 aromatic carbocycles. The number of nitrogens with zero attached hydrogens (tertiary/aromatic N) is 5. The number of hydrogen-bond donors (Lipinski definition) is 0. The third-order valence-electron chi connectivity index (χ3n) is 6.05. The van der Waals surface area contributed by atoms with Crippen LogP contribution < -0.4 is 4.90 Å². The van der Waals surface area contributed by atoms with Gasteiger partial charge in [0.05, 0.1) is 11.1 Å². The number of carbonyl (C=O) groups excluding carboxylic acids is 1. The van der Waals surface area contributed by atoms with Crippen LogP contribution in [0.5, 0.6) is 0 Å². The first kappa shape index (κ1) is 19.4. The number of piperazine rings is 1. The van der Waals surface area contributed by atoms with E-state index in [-0.39, 0.29) is 5.91 Å². The standard InChI is InChI=1S/C26H21N5O2/c32-26(31-13-11-30(12-14-31)24-7-3-4-10-28-24)21-9-8-19-16-27-17-20(25(19)29-21)23-15-18-5-1-2-6-22(18)33-23/h1-10,15-17H,11-14H2. The molecule has 0 aliphatic carbocycles. The number of hydrogen-bond acceptors (Lipinski definition) is 6. The second-order valence-corrected chi connectivity index (χ2v) is 8.07. The van der Waals surface area contributed by atoms with Crippen molar-refractivity contribution in [1.29, 1.82) is 0 Å². The summed E-state index contributed by atoms with van der Waals surface area (Å²) in [6, 6.07) is 19.4. The third kappa shape index (κ3) is 3.57. The Kier molecular flexibility index (Phi) is 4.72. The number of benzene rings is 1. The summed E-state index contributed by atoms with van der Waals surface area (Å²) in [5, 5.41) is 1.88. The highest BCUT2D eigenvalue weighted by atomic mass is 16.3. The van der Waals surface area contributed by atoms with Gasteiger partial charge in [-0.2, -0.15) is 0 Å². The number of anilines is 1. The molecule has 1 aliphatic rings. The fourth-order valence-corrected chi connectivity index (χ4v) is 4.30. The van der Waals surface area contributed by atoms with Gasteiger partial charge in [0.1, 0.15) is 22.9 Å². The molecule has 0 unspecified atom stereocenters. The van der Waals surface area contributed by atoms with E-state index in [0.717, 1.165) is 40.8 Å². The number of carbonyl (C=O) groups is 1. The normalized spacial score (nSPS) is 14.2. The number of fused-ring (bicyclic) bond motifs is 2. The van der Waals surface area contributed by atoms with Crippen molar-refractivity contribution in [1.82, 2.24) is 19.9 Å². The lowest BCUT2D eigenvalue weighted by molar-refractivity contribution is 0.0741. The summed E-state index contributed by atoms with van der Waals surface area (Å²) in [4.78, 5) is 30.8. The van der Waals surface area contributed by atoms with Gasteiger partial charge >= 0.3 is 0 Å². The Labute approximate surface area is 190 Å². The Morgan fingerprint density at radius 2 is 1.73 bits per heavy atom. The predicted molar refractivity (Wildman–Crippen MR) is 127 cm³/mol. The van der Waals surface area contributed by atoms with Gasteiger partial charge in [0, 0.05) is 55.5 Å². The lowest BCUT2D eigenvalue weighted by Crippen LogP contribution is -2.49. The number of furan rings is 1. The van der Waals surface area contributed by atoms with E-state index in [1.165, 1.54) is 0 Å². The molecule has 7 nitrogen and oxygen atoms in total. The zero-order valence-corrected chi connectivity index (χ0v) is 17.9. The van der Waals surface area contributed by atoms with Crippen molar-refractivity contribution in [3.63, 3.8) is 0 Å². The van der Waals surface area contributed by atoms with Crippen LogP contribution in [-0.4, -0.2) is 51.9 Å². The van der Waals surface area contributed by atoms with E-state index in [1.807, 2.05) is 59.5 Å². The molecule has 7 heteroatoms. The van der Waals surface area contributed by atoms with Crippen molar-refractivity contribution in [2.75, 3.05) is 31.1 Å². The summed E-state index contributed by atoms with van der Waals surface area (Å²) in [6.45, 7) is 2.73. The first-order chi connectivity index (χ1) is 16.3. The molecule has 5 heterocycles. The molecule has 0 atom stereocenters. The van der Waals surface area contributed by atoms with Crippen molar-refractivity contribution in [3.05, 3.63) is 84.9 Å². The molecule has 0 saturated carbocycles. The maximum absolute atomic E-state index is 13.3. The van der Waals surface area contributed by atoms with Crippen LogP contribution in [0.4, 0.5) is 5.82 Å². The average Bonchev–Trinajstić information content (AvgIpc) is 3.32. The zero-order chi connectivity index (χ0) is 22.2. The van der Waals surface area contributed by atoms with Crippen LogP contribution in [-0.2, 0) is 0 Å². The Hall–Kier alpha value is -4.26. The molecule has 5 aromatic rings. The Bertz CT molecular complexity index is 1420. The molecular weight excluding hydrogens is 414 g/mol. The highest BCUT2D eigenvalue weighted by molar-refractivity contribution is 5.99. The monoisotopic (exact) mass is 435 g/mol. The lowest BCUT2D eigenvalue weighted by Gasteiger charge is -2.35. The van der Waals surface area contributed by atoms with Gasteiger partial charge in [-0.25, -0.2) is 9.97 Å². The van der Waals surface area contributed by atoms with Crippen LogP contribution in [0.15, 0.2) is 83.7 Å². The summed E-state index contributed by atoms with van der Waals surface area (Å²) in [5.74, 6) is 1.57. The molecule has 33 heavy (non-hydrogen) atoms. The van der Waals surface area contributed by atoms with Gasteiger partial charge in [-0.1, -0.05) is 24.3 Å². The first-order valence-electron chi connectivity index (χ1n) is 11.0. The van der Waals surface area contributed by atoms with E-state index in [2.05, 4.69) is 14.9 Å². The van der Waals surface area contributed by atoms with Gasteiger partial charge in [-0.3, -0.25) is 9.78 Å². The van der Waals surface area contributed by atoms with Crippen LogP contribution >= 0.6 is 0 Å². The lowest BCUT2D eigenvalue weighted by atomic mass is 10.1. The van der Waals surface area contributed by atoms with Crippen molar-refractivity contribution in [2.24, 2.45) is 0 Å². The summed E-state index contributed by atoms with van der Waals surface area (Å²) >= 11 is 0. The number of pyridine rings is 3. The quantitative estimate of drug-likeness (QED) is 0.418. The highest BCUT2D eigenvalue weighted by Gasteiger charge is 2.24. The van der Waals surface area contributed by atoms with Crippen molar-refractivity contribution < 1.29 is 9.21 Å². The van der Waals surface area contributed by atoms with Crippen molar-refractivity contribution in [2.45, 2.75) is 0 Å². The zero-order valence-electron chi connectivity index (χ0n) is 17.9.